The Bertz CT molecular complexity index is 359. The lowest BCUT2D eigenvalue weighted by Crippen LogP contribution is -2.62. The second-order valence-corrected chi connectivity index (χ2v) is 6.19. The maximum atomic E-state index is 11.7. The summed E-state index contributed by atoms with van der Waals surface area (Å²) in [4.78, 5) is 13.4. The van der Waals surface area contributed by atoms with Gasteiger partial charge in [-0.3, -0.25) is 5.32 Å². The highest BCUT2D eigenvalue weighted by molar-refractivity contribution is 5.69. The molecule has 1 saturated carbocycles. The largest absolute Gasteiger partial charge is 0.444 e. The molecule has 1 aliphatic heterocycles. The van der Waals surface area contributed by atoms with Gasteiger partial charge in [0.2, 0.25) is 0 Å². The second kappa shape index (κ2) is 4.77. The minimum absolute atomic E-state index is 0.0456. The molecular formula is C13H21N3O2. The fourth-order valence-corrected chi connectivity index (χ4v) is 2.02. The Morgan fingerprint density at radius 3 is 2.50 bits per heavy atom. The van der Waals surface area contributed by atoms with Gasteiger partial charge in [-0.15, -0.1) is 0 Å². The molecule has 0 aromatic carbocycles. The Labute approximate surface area is 108 Å². The lowest BCUT2D eigenvalue weighted by atomic mass is 10.1. The summed E-state index contributed by atoms with van der Waals surface area (Å²) in [6.07, 6.45) is 2.03. The molecule has 1 aliphatic carbocycles. The van der Waals surface area contributed by atoms with E-state index >= 15 is 0 Å². The van der Waals surface area contributed by atoms with Crippen LogP contribution in [0.5, 0.6) is 0 Å². The predicted octanol–water partition coefficient (Wildman–Crippen LogP) is 1.50. The van der Waals surface area contributed by atoms with Gasteiger partial charge in [0.25, 0.3) is 0 Å². The van der Waals surface area contributed by atoms with Crippen molar-refractivity contribution in [3.8, 4) is 6.07 Å². The topological polar surface area (TPSA) is 65.4 Å². The molecule has 2 aliphatic rings. The SMILES string of the molecule is CC(C)(C)OC(=O)N1CC(N[C@@H](C#N)C2CC2)C1. The lowest BCUT2D eigenvalue weighted by Gasteiger charge is -2.41. The highest BCUT2D eigenvalue weighted by Crippen LogP contribution is 2.32. The number of rotatable bonds is 3. The number of carbonyl (C=O) groups is 1. The fraction of sp³-hybridized carbons (Fsp3) is 0.846. The van der Waals surface area contributed by atoms with Gasteiger partial charge in [0.1, 0.15) is 5.60 Å². The number of hydrogen-bond donors (Lipinski definition) is 1. The number of nitriles is 1. The third-order valence-electron chi connectivity index (χ3n) is 3.18. The first kappa shape index (κ1) is 13.2. The first-order valence-corrected chi connectivity index (χ1v) is 6.52. The number of ether oxygens (including phenoxy) is 1. The zero-order valence-corrected chi connectivity index (χ0v) is 11.3. The highest BCUT2D eigenvalue weighted by Gasteiger charge is 2.38. The Kier molecular flexibility index (Phi) is 3.49. The van der Waals surface area contributed by atoms with Crippen LogP contribution < -0.4 is 5.32 Å². The average Bonchev–Trinajstić information content (AvgIpc) is 2.96. The molecule has 0 spiro atoms. The number of nitrogens with zero attached hydrogens (tertiary/aromatic N) is 2. The molecular weight excluding hydrogens is 230 g/mol. The van der Waals surface area contributed by atoms with E-state index in [1.807, 2.05) is 20.8 Å². The van der Waals surface area contributed by atoms with Gasteiger partial charge < -0.3 is 9.64 Å². The molecule has 1 saturated heterocycles. The summed E-state index contributed by atoms with van der Waals surface area (Å²) < 4.78 is 5.28. The van der Waals surface area contributed by atoms with E-state index in [0.29, 0.717) is 19.0 Å². The molecule has 0 unspecified atom stereocenters. The zero-order valence-electron chi connectivity index (χ0n) is 11.3. The third kappa shape index (κ3) is 3.36. The molecule has 0 radical (unpaired) electrons. The van der Waals surface area contributed by atoms with E-state index in [-0.39, 0.29) is 18.2 Å². The summed E-state index contributed by atoms with van der Waals surface area (Å²) in [5, 5.41) is 12.3. The molecule has 2 rings (SSSR count). The fourth-order valence-electron chi connectivity index (χ4n) is 2.02. The molecule has 1 heterocycles. The maximum absolute atomic E-state index is 11.7. The monoisotopic (exact) mass is 251 g/mol. The molecule has 18 heavy (non-hydrogen) atoms. The van der Waals surface area contributed by atoms with Crippen LogP contribution in [0.4, 0.5) is 4.79 Å². The van der Waals surface area contributed by atoms with E-state index in [1.165, 1.54) is 0 Å². The molecule has 1 amide bonds. The molecule has 2 fully saturated rings. The highest BCUT2D eigenvalue weighted by atomic mass is 16.6. The standard InChI is InChI=1S/C13H21N3O2/c1-13(2,3)18-12(17)16-7-10(8-16)15-11(6-14)9-4-5-9/h9-11,15H,4-5,7-8H2,1-3H3/t11-/m0/s1. The first-order chi connectivity index (χ1) is 8.39. The predicted molar refractivity (Wildman–Crippen MR) is 66.9 cm³/mol. The molecule has 0 aromatic heterocycles. The Hall–Kier alpha value is -1.28. The number of hydrogen-bond acceptors (Lipinski definition) is 4. The number of nitrogens with one attached hydrogen (secondary N) is 1. The quantitative estimate of drug-likeness (QED) is 0.825. The number of likely N-dealkylation sites (tertiary alicyclic amines) is 1. The minimum Gasteiger partial charge on any atom is -0.444 e. The van der Waals surface area contributed by atoms with Crippen molar-refractivity contribution in [1.29, 1.82) is 5.26 Å². The second-order valence-electron chi connectivity index (χ2n) is 6.19. The lowest BCUT2D eigenvalue weighted by molar-refractivity contribution is 0.00456. The van der Waals surface area contributed by atoms with Crippen LogP contribution in [0, 0.1) is 17.2 Å². The summed E-state index contributed by atoms with van der Waals surface area (Å²) >= 11 is 0. The van der Waals surface area contributed by atoms with E-state index in [4.69, 9.17) is 10.00 Å². The summed E-state index contributed by atoms with van der Waals surface area (Å²) in [5.74, 6) is 0.519. The summed E-state index contributed by atoms with van der Waals surface area (Å²) in [6.45, 7) is 6.86. The Morgan fingerprint density at radius 2 is 2.06 bits per heavy atom. The van der Waals surface area contributed by atoms with Crippen LogP contribution in [0.2, 0.25) is 0 Å². The maximum Gasteiger partial charge on any atom is 0.410 e. The van der Waals surface area contributed by atoms with Crippen LogP contribution in [0.15, 0.2) is 0 Å². The van der Waals surface area contributed by atoms with Crippen LogP contribution in [-0.2, 0) is 4.74 Å². The van der Waals surface area contributed by atoms with Crippen LogP contribution in [0.3, 0.4) is 0 Å². The van der Waals surface area contributed by atoms with E-state index in [1.54, 1.807) is 4.90 Å². The van der Waals surface area contributed by atoms with Gasteiger partial charge in [-0.1, -0.05) is 0 Å². The number of amides is 1. The molecule has 5 heteroatoms. The van der Waals surface area contributed by atoms with E-state index < -0.39 is 5.60 Å². The van der Waals surface area contributed by atoms with Crippen LogP contribution in [-0.4, -0.2) is 41.8 Å². The van der Waals surface area contributed by atoms with Crippen molar-refractivity contribution in [3.05, 3.63) is 0 Å². The van der Waals surface area contributed by atoms with Crippen LogP contribution in [0.1, 0.15) is 33.6 Å². The van der Waals surface area contributed by atoms with Gasteiger partial charge in [0, 0.05) is 19.1 Å². The van der Waals surface area contributed by atoms with Gasteiger partial charge >= 0.3 is 6.09 Å². The van der Waals surface area contributed by atoms with Gasteiger partial charge in [0.05, 0.1) is 12.1 Å². The Morgan fingerprint density at radius 1 is 1.44 bits per heavy atom. The van der Waals surface area contributed by atoms with Crippen molar-refractivity contribution in [2.45, 2.75) is 51.3 Å². The van der Waals surface area contributed by atoms with Gasteiger partial charge in [-0.05, 0) is 39.5 Å². The number of carbonyl (C=O) groups excluding carboxylic acids is 1. The minimum atomic E-state index is -0.446. The van der Waals surface area contributed by atoms with Gasteiger partial charge in [0.15, 0.2) is 0 Å². The third-order valence-corrected chi connectivity index (χ3v) is 3.18. The van der Waals surface area contributed by atoms with E-state index in [2.05, 4.69) is 11.4 Å². The van der Waals surface area contributed by atoms with Gasteiger partial charge in [-0.25, -0.2) is 4.79 Å². The molecule has 0 bridgehead atoms. The normalized spacial score (nSPS) is 22.0. The molecule has 1 atom stereocenters. The smallest absolute Gasteiger partial charge is 0.410 e. The first-order valence-electron chi connectivity index (χ1n) is 6.52. The van der Waals surface area contributed by atoms with Crippen molar-refractivity contribution in [3.63, 3.8) is 0 Å². The van der Waals surface area contributed by atoms with Crippen molar-refractivity contribution in [1.82, 2.24) is 10.2 Å². The molecule has 0 aromatic rings. The van der Waals surface area contributed by atoms with E-state index in [0.717, 1.165) is 12.8 Å². The Balaban J connectivity index is 1.70. The molecule has 5 nitrogen and oxygen atoms in total. The summed E-state index contributed by atoms with van der Waals surface area (Å²) in [7, 11) is 0. The summed E-state index contributed by atoms with van der Waals surface area (Å²) in [6, 6.07) is 2.49. The molecule has 1 N–H and O–H groups in total. The van der Waals surface area contributed by atoms with Crippen LogP contribution in [0.25, 0.3) is 0 Å². The van der Waals surface area contributed by atoms with Crippen LogP contribution >= 0.6 is 0 Å². The zero-order chi connectivity index (χ0) is 13.3. The van der Waals surface area contributed by atoms with Crippen molar-refractivity contribution < 1.29 is 9.53 Å². The van der Waals surface area contributed by atoms with Crippen molar-refractivity contribution in [2.24, 2.45) is 5.92 Å². The van der Waals surface area contributed by atoms with Gasteiger partial charge in [-0.2, -0.15) is 5.26 Å². The van der Waals surface area contributed by atoms with Crippen molar-refractivity contribution >= 4 is 6.09 Å². The average molecular weight is 251 g/mol. The molecule has 100 valence electrons. The summed E-state index contributed by atoms with van der Waals surface area (Å²) in [5.41, 5.74) is -0.446. The van der Waals surface area contributed by atoms with Crippen molar-refractivity contribution in [2.75, 3.05) is 13.1 Å². The van der Waals surface area contributed by atoms with E-state index in [9.17, 15) is 4.79 Å².